The summed E-state index contributed by atoms with van der Waals surface area (Å²) in [6.45, 7) is 0. The van der Waals surface area contributed by atoms with E-state index in [1.807, 2.05) is 22.6 Å². The van der Waals surface area contributed by atoms with E-state index < -0.39 is 11.6 Å². The molecule has 0 atom stereocenters. The van der Waals surface area contributed by atoms with Crippen LogP contribution in [0.4, 0.5) is 8.78 Å². The Balaban J connectivity index is 3.09. The van der Waals surface area contributed by atoms with Crippen LogP contribution in [0.2, 0.25) is 0 Å². The number of hydrogen-bond donors (Lipinski definition) is 0. The van der Waals surface area contributed by atoms with Crippen LogP contribution in [0.3, 0.4) is 0 Å². The van der Waals surface area contributed by atoms with Crippen LogP contribution in [0.25, 0.3) is 6.08 Å². The topological polar surface area (TPSA) is 0 Å². The molecule has 0 unspecified atom stereocenters. The molecule has 1 rings (SSSR count). The molecular weight excluding hydrogens is 261 g/mol. The zero-order chi connectivity index (χ0) is 8.27. The first-order valence-electron chi connectivity index (χ1n) is 2.96. The lowest BCUT2D eigenvalue weighted by Crippen LogP contribution is -1.82. The van der Waals surface area contributed by atoms with Gasteiger partial charge < -0.3 is 0 Å². The molecular formula is C8H5F2I. The third-order valence-corrected chi connectivity index (χ3v) is 1.56. The third kappa shape index (κ3) is 2.25. The van der Waals surface area contributed by atoms with Crippen molar-refractivity contribution in [2.75, 3.05) is 0 Å². The number of benzene rings is 1. The van der Waals surface area contributed by atoms with Crippen LogP contribution in [0, 0.1) is 11.6 Å². The molecule has 11 heavy (non-hydrogen) atoms. The Morgan fingerprint density at radius 2 is 2.00 bits per heavy atom. The summed E-state index contributed by atoms with van der Waals surface area (Å²) in [5.74, 6) is -1.08. The van der Waals surface area contributed by atoms with Crippen molar-refractivity contribution in [1.29, 1.82) is 0 Å². The Kier molecular flexibility index (Phi) is 2.99. The van der Waals surface area contributed by atoms with Gasteiger partial charge in [-0.25, -0.2) is 8.78 Å². The van der Waals surface area contributed by atoms with E-state index in [1.165, 1.54) is 12.1 Å². The van der Waals surface area contributed by atoms with Crippen molar-refractivity contribution < 1.29 is 8.78 Å². The smallest absolute Gasteiger partial charge is 0.133 e. The quantitative estimate of drug-likeness (QED) is 0.683. The molecule has 1 aromatic rings. The minimum Gasteiger partial charge on any atom is -0.207 e. The van der Waals surface area contributed by atoms with Gasteiger partial charge in [-0.05, 0) is 22.3 Å². The summed E-state index contributed by atoms with van der Waals surface area (Å²) < 4.78 is 26.7. The molecule has 0 saturated carbocycles. The molecule has 0 fully saturated rings. The molecule has 0 amide bonds. The monoisotopic (exact) mass is 266 g/mol. The molecule has 0 bridgehead atoms. The van der Waals surface area contributed by atoms with E-state index in [-0.39, 0.29) is 0 Å². The van der Waals surface area contributed by atoms with Crippen LogP contribution in [0.1, 0.15) is 5.56 Å². The van der Waals surface area contributed by atoms with Gasteiger partial charge >= 0.3 is 0 Å². The summed E-state index contributed by atoms with van der Waals surface area (Å²) in [7, 11) is 0. The van der Waals surface area contributed by atoms with E-state index in [0.717, 1.165) is 6.07 Å². The van der Waals surface area contributed by atoms with E-state index in [2.05, 4.69) is 0 Å². The number of hydrogen-bond acceptors (Lipinski definition) is 0. The van der Waals surface area contributed by atoms with E-state index in [0.29, 0.717) is 5.56 Å². The largest absolute Gasteiger partial charge is 0.207 e. The Morgan fingerprint density at radius 3 is 2.55 bits per heavy atom. The molecule has 0 radical (unpaired) electrons. The van der Waals surface area contributed by atoms with Crippen LogP contribution >= 0.6 is 22.6 Å². The minimum absolute atomic E-state index is 0.404. The second-order valence-corrected chi connectivity index (χ2v) is 2.68. The van der Waals surface area contributed by atoms with Crippen molar-refractivity contribution >= 4 is 28.7 Å². The van der Waals surface area contributed by atoms with Gasteiger partial charge in [0.2, 0.25) is 0 Å². The Hall–Kier alpha value is -0.450. The SMILES string of the molecule is Fc1ccc(C=CI)c(F)c1. The molecule has 0 N–H and O–H groups in total. The highest BCUT2D eigenvalue weighted by Crippen LogP contribution is 2.11. The zero-order valence-electron chi connectivity index (χ0n) is 5.52. The molecule has 0 aromatic heterocycles. The molecule has 0 aliphatic heterocycles. The van der Waals surface area contributed by atoms with Gasteiger partial charge in [0.15, 0.2) is 0 Å². The summed E-state index contributed by atoms with van der Waals surface area (Å²) in [6.07, 6.45) is 1.58. The minimum atomic E-state index is -0.548. The van der Waals surface area contributed by atoms with Crippen molar-refractivity contribution in [3.63, 3.8) is 0 Å². The van der Waals surface area contributed by atoms with E-state index in [1.54, 1.807) is 10.2 Å². The van der Waals surface area contributed by atoms with Crippen LogP contribution in [0.15, 0.2) is 22.3 Å². The van der Waals surface area contributed by atoms with Crippen LogP contribution < -0.4 is 0 Å². The van der Waals surface area contributed by atoms with Gasteiger partial charge in [-0.15, -0.1) is 0 Å². The van der Waals surface area contributed by atoms with Crippen LogP contribution in [0.5, 0.6) is 0 Å². The van der Waals surface area contributed by atoms with Gasteiger partial charge in [0.05, 0.1) is 0 Å². The number of rotatable bonds is 1. The molecule has 0 spiro atoms. The first kappa shape index (κ1) is 8.64. The molecule has 0 nitrogen and oxygen atoms in total. The van der Waals surface area contributed by atoms with Crippen LogP contribution in [-0.2, 0) is 0 Å². The molecule has 0 aliphatic rings. The summed E-state index contributed by atoms with van der Waals surface area (Å²) in [5, 5.41) is 0. The molecule has 1 aromatic carbocycles. The standard InChI is InChI=1S/C8H5F2I/c9-7-2-1-6(3-4-11)8(10)5-7/h1-5H. The summed E-state index contributed by atoms with van der Waals surface area (Å²) in [5.41, 5.74) is 0.404. The van der Waals surface area contributed by atoms with Gasteiger partial charge in [-0.1, -0.05) is 22.6 Å². The fraction of sp³-hybridized carbons (Fsp3) is 0. The second-order valence-electron chi connectivity index (χ2n) is 1.96. The predicted octanol–water partition coefficient (Wildman–Crippen LogP) is 3.37. The van der Waals surface area contributed by atoms with Gasteiger partial charge in [0.1, 0.15) is 11.6 Å². The van der Waals surface area contributed by atoms with Crippen molar-refractivity contribution in [3.05, 3.63) is 39.5 Å². The Labute approximate surface area is 77.1 Å². The highest BCUT2D eigenvalue weighted by molar-refractivity contribution is 14.1. The van der Waals surface area contributed by atoms with Gasteiger partial charge in [0, 0.05) is 11.6 Å². The third-order valence-electron chi connectivity index (χ3n) is 1.21. The van der Waals surface area contributed by atoms with Crippen molar-refractivity contribution in [1.82, 2.24) is 0 Å². The molecule has 0 saturated heterocycles. The number of halogens is 3. The predicted molar refractivity (Wildman–Crippen MR) is 49.4 cm³/mol. The highest BCUT2D eigenvalue weighted by Gasteiger charge is 1.98. The van der Waals surface area contributed by atoms with Gasteiger partial charge in [-0.3, -0.25) is 0 Å². The molecule has 0 heterocycles. The lowest BCUT2D eigenvalue weighted by atomic mass is 10.2. The fourth-order valence-electron chi connectivity index (χ4n) is 0.705. The maximum Gasteiger partial charge on any atom is 0.133 e. The summed E-state index contributed by atoms with van der Waals surface area (Å²) >= 11 is 1.98. The van der Waals surface area contributed by atoms with Crippen molar-refractivity contribution in [3.8, 4) is 0 Å². The van der Waals surface area contributed by atoms with Crippen molar-refractivity contribution in [2.45, 2.75) is 0 Å². The summed E-state index contributed by atoms with van der Waals surface area (Å²) in [4.78, 5) is 0. The zero-order valence-corrected chi connectivity index (χ0v) is 7.68. The van der Waals surface area contributed by atoms with E-state index in [4.69, 9.17) is 0 Å². The van der Waals surface area contributed by atoms with Gasteiger partial charge in [-0.2, -0.15) is 0 Å². The van der Waals surface area contributed by atoms with E-state index in [9.17, 15) is 8.78 Å². The van der Waals surface area contributed by atoms with Gasteiger partial charge in [0.25, 0.3) is 0 Å². The maximum absolute atomic E-state index is 12.7. The Morgan fingerprint density at radius 1 is 1.27 bits per heavy atom. The molecule has 3 heteroatoms. The average Bonchev–Trinajstić information content (AvgIpc) is 1.95. The van der Waals surface area contributed by atoms with Crippen LogP contribution in [-0.4, -0.2) is 0 Å². The lowest BCUT2D eigenvalue weighted by Gasteiger charge is -1.94. The average molecular weight is 266 g/mol. The highest BCUT2D eigenvalue weighted by atomic mass is 127. The summed E-state index contributed by atoms with van der Waals surface area (Å²) in [6, 6.07) is 3.50. The maximum atomic E-state index is 12.7. The fourth-order valence-corrected chi connectivity index (χ4v) is 1.09. The van der Waals surface area contributed by atoms with Crippen molar-refractivity contribution in [2.24, 2.45) is 0 Å². The Bertz CT molecular complexity index is 281. The van der Waals surface area contributed by atoms with E-state index >= 15 is 0 Å². The molecule has 0 aliphatic carbocycles. The first-order valence-corrected chi connectivity index (χ1v) is 4.20. The first-order chi connectivity index (χ1) is 5.24. The second kappa shape index (κ2) is 3.80. The normalized spacial score (nSPS) is 10.8. The lowest BCUT2D eigenvalue weighted by molar-refractivity contribution is 0.581. The molecule has 58 valence electrons.